The van der Waals surface area contributed by atoms with E-state index in [0.29, 0.717) is 12.2 Å². The molecular weight excluding hydrogens is 474 g/mol. The van der Waals surface area contributed by atoms with E-state index in [0.717, 1.165) is 6.42 Å². The fraction of sp³-hybridized carbons (Fsp3) is 0.621. The van der Waals surface area contributed by atoms with Gasteiger partial charge in [0, 0.05) is 22.3 Å². The van der Waals surface area contributed by atoms with Crippen LogP contribution in [-0.4, -0.2) is 53.4 Å². The van der Waals surface area contributed by atoms with Crippen molar-refractivity contribution >= 4 is 17.8 Å². The second kappa shape index (κ2) is 9.55. The summed E-state index contributed by atoms with van der Waals surface area (Å²) < 4.78 is 11.1. The number of hydrogen-bond donors (Lipinski definition) is 3. The molecule has 1 aromatic rings. The fourth-order valence-electron chi connectivity index (χ4n) is 7.55. The van der Waals surface area contributed by atoms with Gasteiger partial charge >= 0.3 is 6.09 Å². The fourth-order valence-corrected chi connectivity index (χ4v) is 7.55. The van der Waals surface area contributed by atoms with Crippen LogP contribution < -0.4 is 10.1 Å². The summed E-state index contributed by atoms with van der Waals surface area (Å²) in [7, 11) is 1.52. The Hall–Kier alpha value is -2.71. The van der Waals surface area contributed by atoms with Crippen LogP contribution in [0.4, 0.5) is 4.79 Å². The molecule has 37 heavy (non-hydrogen) atoms. The highest BCUT2D eigenvalue weighted by atomic mass is 16.6. The van der Waals surface area contributed by atoms with Crippen molar-refractivity contribution in [1.82, 2.24) is 5.32 Å². The number of nitrogens with one attached hydrogen (secondary N) is 1. The Balaban J connectivity index is 1.70. The normalized spacial score (nSPS) is 41.1. The maximum absolute atomic E-state index is 13.5. The number of hydrogen-bond acceptors (Lipinski definition) is 7. The number of ketones is 1. The number of rotatable bonds is 4. The van der Waals surface area contributed by atoms with E-state index in [9.17, 15) is 24.6 Å². The summed E-state index contributed by atoms with van der Waals surface area (Å²) >= 11 is 0. The van der Waals surface area contributed by atoms with Gasteiger partial charge in [-0.05, 0) is 67.2 Å². The molecule has 8 heteroatoms. The molecule has 3 N–H and O–H groups in total. The summed E-state index contributed by atoms with van der Waals surface area (Å²) in [6.07, 6.45) is -0.0621. The molecule has 3 fully saturated rings. The zero-order valence-electron chi connectivity index (χ0n) is 22.3. The standard InChI is InChI=1S/C29H39NO7/c1-7-27(4)15-21(37-26(35)30-25(34)18-8-10-19(36-6)11-9-18)28(5)16(2)12-13-29(17(3)24(27)33)14-20(31)22(32)23(28)29/h7-11,16-17,20-21,23-24,31,33H,1,12-15H2,2-6H3,(H,30,34,35)/t16-,17+,20+,21-,23+,24+,27-,28+,29+/m1/s1. The number of aliphatic hydroxyl groups excluding tert-OH is 2. The second-order valence-electron chi connectivity index (χ2n) is 11.8. The molecule has 3 aliphatic rings. The highest BCUT2D eigenvalue weighted by Gasteiger charge is 2.70. The minimum atomic E-state index is -1.12. The second-order valence-corrected chi connectivity index (χ2v) is 11.8. The summed E-state index contributed by atoms with van der Waals surface area (Å²) in [4.78, 5) is 39.4. The molecule has 4 rings (SSSR count). The predicted octanol–water partition coefficient (Wildman–Crippen LogP) is 3.90. The molecule has 9 atom stereocenters. The number of benzene rings is 1. The number of alkyl carbamates (subject to hydrolysis) is 1. The summed E-state index contributed by atoms with van der Waals surface area (Å²) in [5.41, 5.74) is -2.00. The number of Topliss-reactive ketones (excluding diaryl/α,β-unsaturated/α-hetero) is 1. The minimum absolute atomic E-state index is 0.00790. The van der Waals surface area contributed by atoms with Gasteiger partial charge < -0.3 is 19.7 Å². The largest absolute Gasteiger partial charge is 0.497 e. The molecule has 3 aliphatic carbocycles. The molecule has 0 aromatic heterocycles. The zero-order valence-corrected chi connectivity index (χ0v) is 22.3. The van der Waals surface area contributed by atoms with Crippen molar-refractivity contribution in [2.24, 2.45) is 34.0 Å². The number of methoxy groups -OCH3 is 1. The average molecular weight is 514 g/mol. The third kappa shape index (κ3) is 4.18. The van der Waals surface area contributed by atoms with Crippen LogP contribution in [0.5, 0.6) is 5.75 Å². The molecule has 0 aliphatic heterocycles. The van der Waals surface area contributed by atoms with Gasteiger partial charge in [0.1, 0.15) is 18.0 Å². The third-order valence-corrected chi connectivity index (χ3v) is 10.1. The molecular formula is C29H39NO7. The van der Waals surface area contributed by atoms with Gasteiger partial charge in [-0.2, -0.15) is 0 Å². The van der Waals surface area contributed by atoms with E-state index in [1.54, 1.807) is 30.3 Å². The van der Waals surface area contributed by atoms with Crippen molar-refractivity contribution in [3.05, 3.63) is 42.5 Å². The lowest BCUT2D eigenvalue weighted by atomic mass is 9.44. The molecule has 1 aromatic carbocycles. The Bertz CT molecular complexity index is 1090. The monoisotopic (exact) mass is 513 g/mol. The smallest absolute Gasteiger partial charge is 0.414 e. The van der Waals surface area contributed by atoms with Crippen molar-refractivity contribution in [3.63, 3.8) is 0 Å². The number of ether oxygens (including phenoxy) is 2. The van der Waals surface area contributed by atoms with Gasteiger partial charge in [0.05, 0.1) is 13.2 Å². The lowest BCUT2D eigenvalue weighted by molar-refractivity contribution is -0.191. The lowest BCUT2D eigenvalue weighted by Crippen LogP contribution is -2.63. The summed E-state index contributed by atoms with van der Waals surface area (Å²) in [6, 6.07) is 6.32. The van der Waals surface area contributed by atoms with E-state index >= 15 is 0 Å². The van der Waals surface area contributed by atoms with E-state index < -0.39 is 52.5 Å². The highest BCUT2D eigenvalue weighted by Crippen LogP contribution is 2.68. The Morgan fingerprint density at radius 3 is 2.38 bits per heavy atom. The number of carbonyl (C=O) groups is 3. The van der Waals surface area contributed by atoms with E-state index in [1.807, 2.05) is 27.7 Å². The van der Waals surface area contributed by atoms with Crippen LogP contribution in [0.25, 0.3) is 0 Å². The zero-order chi connectivity index (χ0) is 27.3. The van der Waals surface area contributed by atoms with Gasteiger partial charge in [-0.25, -0.2) is 4.79 Å². The predicted molar refractivity (Wildman–Crippen MR) is 137 cm³/mol. The van der Waals surface area contributed by atoms with Crippen molar-refractivity contribution in [2.75, 3.05) is 7.11 Å². The summed E-state index contributed by atoms with van der Waals surface area (Å²) in [5.74, 6) is -1.17. The van der Waals surface area contributed by atoms with Crippen molar-refractivity contribution in [2.45, 2.75) is 71.7 Å². The molecule has 8 nitrogen and oxygen atoms in total. The number of imide groups is 1. The average Bonchev–Trinajstić information content (AvgIpc) is 3.15. The molecule has 2 amide bonds. The molecule has 0 spiro atoms. The molecule has 0 unspecified atom stereocenters. The van der Waals surface area contributed by atoms with Gasteiger partial charge in [0.2, 0.25) is 0 Å². The van der Waals surface area contributed by atoms with Crippen LogP contribution in [-0.2, 0) is 9.53 Å². The molecule has 2 bridgehead atoms. The first-order chi connectivity index (χ1) is 17.3. The lowest BCUT2D eigenvalue weighted by Gasteiger charge is -2.61. The van der Waals surface area contributed by atoms with Crippen LogP contribution >= 0.6 is 0 Å². The van der Waals surface area contributed by atoms with Crippen LogP contribution in [0.15, 0.2) is 36.9 Å². The Morgan fingerprint density at radius 2 is 1.78 bits per heavy atom. The Kier molecular flexibility index (Phi) is 7.05. The van der Waals surface area contributed by atoms with Gasteiger partial charge in [-0.15, -0.1) is 6.58 Å². The minimum Gasteiger partial charge on any atom is -0.497 e. The first-order valence-corrected chi connectivity index (χ1v) is 13.0. The number of amides is 2. The van der Waals surface area contributed by atoms with Crippen molar-refractivity contribution in [1.29, 1.82) is 0 Å². The maximum atomic E-state index is 13.5. The molecule has 0 heterocycles. The van der Waals surface area contributed by atoms with Gasteiger partial charge in [-0.1, -0.05) is 33.8 Å². The van der Waals surface area contributed by atoms with Crippen molar-refractivity contribution in [3.8, 4) is 5.75 Å². The molecule has 0 saturated heterocycles. The number of carbonyl (C=O) groups excluding carboxylic acids is 3. The van der Waals surface area contributed by atoms with Crippen LogP contribution in [0.3, 0.4) is 0 Å². The van der Waals surface area contributed by atoms with E-state index in [2.05, 4.69) is 11.9 Å². The molecule has 0 radical (unpaired) electrons. The van der Waals surface area contributed by atoms with E-state index in [4.69, 9.17) is 9.47 Å². The van der Waals surface area contributed by atoms with E-state index in [-0.39, 0.29) is 36.0 Å². The number of aliphatic hydroxyl groups is 2. The maximum Gasteiger partial charge on any atom is 0.414 e. The molecule has 202 valence electrons. The van der Waals surface area contributed by atoms with Crippen LogP contribution in [0.2, 0.25) is 0 Å². The highest BCUT2D eigenvalue weighted by molar-refractivity contribution is 6.03. The Morgan fingerprint density at radius 1 is 1.14 bits per heavy atom. The van der Waals surface area contributed by atoms with Crippen LogP contribution in [0.1, 0.15) is 63.7 Å². The van der Waals surface area contributed by atoms with Crippen LogP contribution in [0, 0.1) is 34.0 Å². The topological polar surface area (TPSA) is 122 Å². The van der Waals surface area contributed by atoms with Gasteiger partial charge in [0.25, 0.3) is 5.91 Å². The Labute approximate surface area is 218 Å². The van der Waals surface area contributed by atoms with Crippen molar-refractivity contribution < 1.29 is 34.1 Å². The summed E-state index contributed by atoms with van der Waals surface area (Å²) in [5, 5.41) is 24.7. The molecule has 3 saturated carbocycles. The van der Waals surface area contributed by atoms with Gasteiger partial charge in [-0.3, -0.25) is 14.9 Å². The SMILES string of the molecule is C=C[C@]1(C)C[C@@H](OC(=O)NC(=O)c2ccc(OC)cc2)[C@]2(C)[C@H](C)CC[C@]3(C[C@H](O)C(=O)[C@H]32)[C@@H](C)[C@@H]1O. The first-order valence-electron chi connectivity index (χ1n) is 13.0. The quantitative estimate of drug-likeness (QED) is 0.522. The van der Waals surface area contributed by atoms with E-state index in [1.165, 1.54) is 7.11 Å². The van der Waals surface area contributed by atoms with Gasteiger partial charge in [0.15, 0.2) is 5.78 Å². The first kappa shape index (κ1) is 27.3. The summed E-state index contributed by atoms with van der Waals surface area (Å²) in [6.45, 7) is 11.8. The third-order valence-electron chi connectivity index (χ3n) is 10.1.